The number of hydrogen-bond acceptors (Lipinski definition) is 2. The van der Waals surface area contributed by atoms with Gasteiger partial charge in [0, 0.05) is 1.43 Å². The van der Waals surface area contributed by atoms with Crippen molar-refractivity contribution in [2.75, 3.05) is 13.2 Å². The maximum Gasteiger partial charge on any atom is 2.00 e. The molecule has 0 atom stereocenters. The fraction of sp³-hybridized carbons (Fsp3) is 0.917. The monoisotopic (exact) mass is 325 g/mol. The van der Waals surface area contributed by atoms with Gasteiger partial charge in [-0.1, -0.05) is 66.2 Å². The van der Waals surface area contributed by atoms with Crippen LogP contribution in [0.3, 0.4) is 0 Å². The second kappa shape index (κ2) is 36.4. The zero-order chi connectivity index (χ0) is 11.7. The van der Waals surface area contributed by atoms with Crippen LogP contribution >= 0.6 is 0 Å². The first-order valence-electron chi connectivity index (χ1n) is 5.70. The van der Waals surface area contributed by atoms with E-state index in [1.807, 2.05) is 13.8 Å². The van der Waals surface area contributed by atoms with E-state index >= 15 is 0 Å². The Morgan fingerprint density at radius 3 is 1.13 bits per heavy atom. The summed E-state index contributed by atoms with van der Waals surface area (Å²) in [6.45, 7) is 9.93. The van der Waals surface area contributed by atoms with Gasteiger partial charge >= 0.3 is 23.9 Å². The fourth-order valence-corrected chi connectivity index (χ4v) is 0.289. The normalized spacial score (nSPS) is 7.60. The Kier molecular flexibility index (Phi) is 60.2. The van der Waals surface area contributed by atoms with Crippen molar-refractivity contribution >= 4 is 23.9 Å². The molecule has 0 fully saturated rings. The van der Waals surface area contributed by atoms with Crippen molar-refractivity contribution in [3.05, 3.63) is 6.92 Å². The maximum absolute atomic E-state index is 9.53. The molecule has 0 unspecified atom stereocenters. The molecular formula is C12H29O2Sn. The van der Waals surface area contributed by atoms with Crippen LogP contribution in [0.2, 0.25) is 0 Å². The third kappa shape index (κ3) is 72.8. The van der Waals surface area contributed by atoms with Crippen LogP contribution in [0.25, 0.3) is 0 Å². The Morgan fingerprint density at radius 1 is 0.867 bits per heavy atom. The quantitative estimate of drug-likeness (QED) is 0.724. The van der Waals surface area contributed by atoms with Gasteiger partial charge in [0.2, 0.25) is 0 Å². The van der Waals surface area contributed by atoms with Gasteiger partial charge in [-0.3, -0.25) is 0 Å². The molecule has 0 aromatic carbocycles. The van der Waals surface area contributed by atoms with E-state index in [4.69, 9.17) is 0 Å². The number of unbranched alkanes of at least 4 members (excludes halogenated alkanes) is 3. The summed E-state index contributed by atoms with van der Waals surface area (Å²) in [4.78, 5) is 0. The molecule has 93 valence electrons. The smallest absolute Gasteiger partial charge is 0.854 e. The van der Waals surface area contributed by atoms with Crippen molar-refractivity contribution in [3.8, 4) is 0 Å². The van der Waals surface area contributed by atoms with Crippen molar-refractivity contribution in [1.29, 1.82) is 0 Å². The first-order chi connectivity index (χ1) is 6.74. The third-order valence-corrected chi connectivity index (χ3v) is 1.35. The number of rotatable bonds is 5. The van der Waals surface area contributed by atoms with Crippen molar-refractivity contribution in [2.24, 2.45) is 0 Å². The minimum absolute atomic E-state index is 0. The SMILES string of the molecule is CCCC[O-].CCCC[O-].[CH2]CCC.[HH].[Sn+2]. The van der Waals surface area contributed by atoms with Crippen LogP contribution in [0.1, 0.15) is 60.7 Å². The summed E-state index contributed by atoms with van der Waals surface area (Å²) in [5, 5.41) is 19.1. The summed E-state index contributed by atoms with van der Waals surface area (Å²) in [6, 6.07) is 0. The van der Waals surface area contributed by atoms with Crippen LogP contribution in [-0.4, -0.2) is 37.1 Å². The maximum atomic E-state index is 9.53. The van der Waals surface area contributed by atoms with Crippen LogP contribution in [0.5, 0.6) is 0 Å². The van der Waals surface area contributed by atoms with Gasteiger partial charge in [-0.05, 0) is 0 Å². The molecule has 0 N–H and O–H groups in total. The van der Waals surface area contributed by atoms with E-state index in [0.29, 0.717) is 0 Å². The van der Waals surface area contributed by atoms with Crippen LogP contribution in [0.15, 0.2) is 0 Å². The molecule has 0 aliphatic rings. The molecule has 0 saturated heterocycles. The van der Waals surface area contributed by atoms with E-state index in [0.717, 1.165) is 32.1 Å². The van der Waals surface area contributed by atoms with Gasteiger partial charge in [-0.2, -0.15) is 0 Å². The molecule has 0 rings (SSSR count). The molecule has 0 spiro atoms. The number of hydrogen-bond donors (Lipinski definition) is 0. The average Bonchev–Trinajstić information content (AvgIpc) is 2.22. The second-order valence-electron chi connectivity index (χ2n) is 2.97. The van der Waals surface area contributed by atoms with Gasteiger partial charge in [0.1, 0.15) is 0 Å². The standard InChI is InChI=1S/2C4H9O.C4H9.Sn.H2/c2*1-2-3-4-5;1-3-4-2;;/h2*2-4H2,1H3;1,3-4H2,2H3;;1H/q2*-1;;+2;. The van der Waals surface area contributed by atoms with E-state index in [1.54, 1.807) is 0 Å². The average molecular weight is 324 g/mol. The molecule has 0 aliphatic carbocycles. The Morgan fingerprint density at radius 2 is 1.13 bits per heavy atom. The predicted molar refractivity (Wildman–Crippen MR) is 67.7 cm³/mol. The van der Waals surface area contributed by atoms with Gasteiger partial charge < -0.3 is 10.2 Å². The summed E-state index contributed by atoms with van der Waals surface area (Å²) in [5.41, 5.74) is 0. The Labute approximate surface area is 115 Å². The van der Waals surface area contributed by atoms with Crippen molar-refractivity contribution < 1.29 is 11.6 Å². The minimum Gasteiger partial charge on any atom is -0.854 e. The molecule has 0 aromatic rings. The summed E-state index contributed by atoms with van der Waals surface area (Å²) >= 11 is 0. The van der Waals surface area contributed by atoms with Gasteiger partial charge in [-0.25, -0.2) is 0 Å². The van der Waals surface area contributed by atoms with Gasteiger partial charge in [0.25, 0.3) is 0 Å². The summed E-state index contributed by atoms with van der Waals surface area (Å²) < 4.78 is 0. The molecule has 0 amide bonds. The van der Waals surface area contributed by atoms with Gasteiger partial charge in [0.15, 0.2) is 0 Å². The van der Waals surface area contributed by atoms with Crippen molar-refractivity contribution in [3.63, 3.8) is 0 Å². The summed E-state index contributed by atoms with van der Waals surface area (Å²) in [6.07, 6.45) is 6.01. The first kappa shape index (κ1) is 24.8. The molecule has 2 nitrogen and oxygen atoms in total. The largest absolute Gasteiger partial charge is 2.00 e. The summed E-state index contributed by atoms with van der Waals surface area (Å²) in [5.74, 6) is 0. The van der Waals surface area contributed by atoms with Gasteiger partial charge in [0.05, 0.1) is 0 Å². The van der Waals surface area contributed by atoms with Crippen LogP contribution < -0.4 is 10.2 Å². The molecule has 0 aliphatic heterocycles. The zero-order valence-electron chi connectivity index (χ0n) is 10.7. The van der Waals surface area contributed by atoms with E-state index in [2.05, 4.69) is 13.8 Å². The van der Waals surface area contributed by atoms with Gasteiger partial charge in [-0.15, -0.1) is 13.2 Å². The minimum atomic E-state index is 0. The molecule has 3 radical (unpaired) electrons. The van der Waals surface area contributed by atoms with Crippen molar-refractivity contribution in [2.45, 2.75) is 59.3 Å². The van der Waals surface area contributed by atoms with Crippen molar-refractivity contribution in [1.82, 2.24) is 0 Å². The van der Waals surface area contributed by atoms with Crippen LogP contribution in [-0.2, 0) is 0 Å². The Hall–Kier alpha value is 0.719. The third-order valence-electron chi connectivity index (χ3n) is 1.35. The molecule has 15 heavy (non-hydrogen) atoms. The predicted octanol–water partition coefficient (Wildman–Crippen LogP) is 1.78. The Balaban J connectivity index is -0.0000000358. The molecule has 0 bridgehead atoms. The van der Waals surface area contributed by atoms with E-state index in [9.17, 15) is 10.2 Å². The van der Waals surface area contributed by atoms with Crippen LogP contribution in [0.4, 0.5) is 0 Å². The first-order valence-corrected chi connectivity index (χ1v) is 5.70. The topological polar surface area (TPSA) is 46.1 Å². The molecule has 0 saturated carbocycles. The zero-order valence-corrected chi connectivity index (χ0v) is 13.5. The Bertz CT molecular complexity index is 55.0. The molecular weight excluding hydrogens is 295 g/mol. The second-order valence-corrected chi connectivity index (χ2v) is 2.97. The summed E-state index contributed by atoms with van der Waals surface area (Å²) in [7, 11) is 0. The molecule has 3 heteroatoms. The fourth-order valence-electron chi connectivity index (χ4n) is 0.289. The van der Waals surface area contributed by atoms with E-state index in [1.165, 1.54) is 6.42 Å². The van der Waals surface area contributed by atoms with E-state index < -0.39 is 0 Å². The van der Waals surface area contributed by atoms with Crippen LogP contribution in [0, 0.1) is 6.92 Å². The molecule has 0 aromatic heterocycles. The van der Waals surface area contributed by atoms with E-state index in [-0.39, 0.29) is 38.5 Å². The molecule has 0 heterocycles.